The highest BCUT2D eigenvalue weighted by molar-refractivity contribution is 5.90. The van der Waals surface area contributed by atoms with Crippen molar-refractivity contribution in [1.29, 1.82) is 0 Å². The zero-order valence-electron chi connectivity index (χ0n) is 19.8. The van der Waals surface area contributed by atoms with E-state index in [-0.39, 0.29) is 29.3 Å². The molecule has 1 aliphatic heterocycles. The highest BCUT2D eigenvalue weighted by Crippen LogP contribution is 2.26. The molecular weight excluding hydrogens is 350 g/mol. The number of likely N-dealkylation sites (N-methyl/N-ethyl adjacent to an activating group) is 2. The van der Waals surface area contributed by atoms with E-state index >= 15 is 0 Å². The Bertz CT molecular complexity index is 573. The molecule has 1 saturated heterocycles. The molecule has 1 N–H and O–H groups in total. The molecule has 3 unspecified atom stereocenters. The maximum atomic E-state index is 13.4. The topological polar surface area (TPSA) is 52.7 Å². The molecule has 0 aromatic heterocycles. The van der Waals surface area contributed by atoms with Gasteiger partial charge in [-0.2, -0.15) is 0 Å². The van der Waals surface area contributed by atoms with Gasteiger partial charge in [-0.15, -0.1) is 0 Å². The van der Waals surface area contributed by atoms with Crippen LogP contribution in [0.4, 0.5) is 0 Å². The predicted molar refractivity (Wildman–Crippen MR) is 117 cm³/mol. The SMILES string of the molecule is CC(C)=C[C@H](C(C)C)N(C)C(=O)C(NC(=O)C1CC(C)CCN1C)C(C)(C)C. The summed E-state index contributed by atoms with van der Waals surface area (Å²) in [4.78, 5) is 30.5. The second kappa shape index (κ2) is 9.91. The van der Waals surface area contributed by atoms with Crippen molar-refractivity contribution in [2.75, 3.05) is 20.6 Å². The van der Waals surface area contributed by atoms with E-state index in [2.05, 4.69) is 50.9 Å². The van der Waals surface area contributed by atoms with E-state index in [0.29, 0.717) is 11.8 Å². The number of amides is 2. The summed E-state index contributed by atoms with van der Waals surface area (Å²) in [6, 6.07) is -0.704. The molecule has 1 rings (SSSR count). The fourth-order valence-electron chi connectivity index (χ4n) is 3.90. The lowest BCUT2D eigenvalue weighted by molar-refractivity contribution is -0.141. The Morgan fingerprint density at radius 3 is 2.25 bits per heavy atom. The average Bonchev–Trinajstić information content (AvgIpc) is 2.56. The minimum atomic E-state index is -0.553. The zero-order valence-corrected chi connectivity index (χ0v) is 19.8. The normalized spacial score (nSPS) is 23.1. The lowest BCUT2D eigenvalue weighted by Crippen LogP contribution is -2.60. The molecule has 2 amide bonds. The second-order valence-corrected chi connectivity index (χ2v) is 10.4. The van der Waals surface area contributed by atoms with E-state index in [0.717, 1.165) is 19.4 Å². The predicted octanol–water partition coefficient (Wildman–Crippen LogP) is 3.70. The van der Waals surface area contributed by atoms with E-state index in [1.807, 2.05) is 34.9 Å². The van der Waals surface area contributed by atoms with Gasteiger partial charge in [0.05, 0.1) is 12.1 Å². The van der Waals surface area contributed by atoms with Gasteiger partial charge >= 0.3 is 0 Å². The van der Waals surface area contributed by atoms with Crippen molar-refractivity contribution >= 4 is 11.8 Å². The number of carbonyl (C=O) groups excluding carboxylic acids is 2. The van der Waals surface area contributed by atoms with Gasteiger partial charge in [-0.05, 0) is 57.5 Å². The van der Waals surface area contributed by atoms with Crippen LogP contribution in [0.2, 0.25) is 0 Å². The Morgan fingerprint density at radius 2 is 1.79 bits per heavy atom. The maximum absolute atomic E-state index is 13.4. The quantitative estimate of drug-likeness (QED) is 0.700. The van der Waals surface area contributed by atoms with Crippen LogP contribution in [0.25, 0.3) is 0 Å². The number of piperidine rings is 1. The standard InChI is InChI=1S/C23H43N3O2/c1-15(2)13-18(16(3)4)26(10)22(28)20(23(6,7)8)24-21(27)19-14-17(5)11-12-25(19)9/h13,16-20H,11-12,14H2,1-10H3,(H,24,27)/t17?,18-,19?,20?/m1/s1. The lowest BCUT2D eigenvalue weighted by atomic mass is 9.84. The van der Waals surface area contributed by atoms with Crippen molar-refractivity contribution in [1.82, 2.24) is 15.1 Å². The fourth-order valence-corrected chi connectivity index (χ4v) is 3.90. The molecule has 0 spiro atoms. The summed E-state index contributed by atoms with van der Waals surface area (Å²) in [7, 11) is 3.85. The van der Waals surface area contributed by atoms with E-state index in [4.69, 9.17) is 0 Å². The van der Waals surface area contributed by atoms with Gasteiger partial charge in [0.25, 0.3) is 0 Å². The van der Waals surface area contributed by atoms with Crippen LogP contribution in [-0.4, -0.2) is 60.4 Å². The van der Waals surface area contributed by atoms with Crippen molar-refractivity contribution in [3.63, 3.8) is 0 Å². The van der Waals surface area contributed by atoms with E-state index in [1.54, 1.807) is 4.90 Å². The molecule has 0 bridgehead atoms. The lowest BCUT2D eigenvalue weighted by Gasteiger charge is -2.40. The number of carbonyl (C=O) groups is 2. The minimum Gasteiger partial charge on any atom is -0.342 e. The number of allylic oxidation sites excluding steroid dienone is 1. The molecule has 1 heterocycles. The molecule has 5 nitrogen and oxygen atoms in total. The summed E-state index contributed by atoms with van der Waals surface area (Å²) in [6.07, 6.45) is 4.10. The van der Waals surface area contributed by atoms with Crippen molar-refractivity contribution < 1.29 is 9.59 Å². The molecule has 4 atom stereocenters. The zero-order chi connectivity index (χ0) is 21.8. The third-order valence-electron chi connectivity index (χ3n) is 5.82. The average molecular weight is 394 g/mol. The van der Waals surface area contributed by atoms with Crippen LogP contribution in [0, 0.1) is 17.3 Å². The summed E-state index contributed by atoms with van der Waals surface area (Å²) < 4.78 is 0. The molecule has 28 heavy (non-hydrogen) atoms. The van der Waals surface area contributed by atoms with E-state index in [9.17, 15) is 9.59 Å². The third-order valence-corrected chi connectivity index (χ3v) is 5.82. The van der Waals surface area contributed by atoms with Crippen molar-refractivity contribution in [3.8, 4) is 0 Å². The van der Waals surface area contributed by atoms with Crippen LogP contribution in [0.3, 0.4) is 0 Å². The summed E-state index contributed by atoms with van der Waals surface area (Å²) in [5, 5.41) is 3.11. The Balaban J connectivity index is 3.06. The summed E-state index contributed by atoms with van der Waals surface area (Å²) >= 11 is 0. The van der Waals surface area contributed by atoms with Gasteiger partial charge in [-0.3, -0.25) is 14.5 Å². The number of nitrogens with one attached hydrogen (secondary N) is 1. The van der Waals surface area contributed by atoms with Crippen molar-refractivity contribution in [2.45, 2.75) is 86.4 Å². The first-order chi connectivity index (χ1) is 12.8. The Kier molecular flexibility index (Phi) is 8.73. The first kappa shape index (κ1) is 24.7. The van der Waals surface area contributed by atoms with Crippen LogP contribution in [0.5, 0.6) is 0 Å². The monoisotopic (exact) mass is 393 g/mol. The number of nitrogens with zero attached hydrogens (tertiary/aromatic N) is 2. The minimum absolute atomic E-state index is 0.0108. The Labute approximate surface area is 172 Å². The number of likely N-dealkylation sites (tertiary alicyclic amines) is 1. The second-order valence-electron chi connectivity index (χ2n) is 10.4. The largest absolute Gasteiger partial charge is 0.342 e. The summed E-state index contributed by atoms with van der Waals surface area (Å²) in [5.74, 6) is 0.773. The highest BCUT2D eigenvalue weighted by atomic mass is 16.2. The Hall–Kier alpha value is -1.36. The molecular formula is C23H43N3O2. The molecule has 162 valence electrons. The van der Waals surface area contributed by atoms with Crippen molar-refractivity contribution in [3.05, 3.63) is 11.6 Å². The maximum Gasteiger partial charge on any atom is 0.245 e. The molecule has 5 heteroatoms. The third kappa shape index (κ3) is 6.61. The van der Waals surface area contributed by atoms with Gasteiger partial charge < -0.3 is 10.2 Å². The molecule has 1 aliphatic rings. The first-order valence-corrected chi connectivity index (χ1v) is 10.7. The van der Waals surface area contributed by atoms with Gasteiger partial charge in [0.15, 0.2) is 0 Å². The van der Waals surface area contributed by atoms with Crippen LogP contribution in [0.1, 0.15) is 68.2 Å². The first-order valence-electron chi connectivity index (χ1n) is 10.7. The Morgan fingerprint density at radius 1 is 1.21 bits per heavy atom. The van der Waals surface area contributed by atoms with E-state index < -0.39 is 6.04 Å². The van der Waals surface area contributed by atoms with Gasteiger partial charge in [0, 0.05) is 7.05 Å². The van der Waals surface area contributed by atoms with Crippen LogP contribution in [-0.2, 0) is 9.59 Å². The summed E-state index contributed by atoms with van der Waals surface area (Å²) in [5.41, 5.74) is 0.819. The molecule has 0 aliphatic carbocycles. The summed E-state index contributed by atoms with van der Waals surface area (Å²) in [6.45, 7) is 17.5. The fraction of sp³-hybridized carbons (Fsp3) is 0.826. The van der Waals surface area contributed by atoms with Gasteiger partial charge in [-0.25, -0.2) is 0 Å². The molecule has 0 radical (unpaired) electrons. The highest BCUT2D eigenvalue weighted by Gasteiger charge is 2.39. The number of hydrogen-bond donors (Lipinski definition) is 1. The van der Waals surface area contributed by atoms with Gasteiger partial charge in [-0.1, -0.05) is 53.2 Å². The van der Waals surface area contributed by atoms with Crippen LogP contribution >= 0.6 is 0 Å². The smallest absolute Gasteiger partial charge is 0.245 e. The van der Waals surface area contributed by atoms with Gasteiger partial charge in [0.2, 0.25) is 11.8 Å². The molecule has 0 saturated carbocycles. The number of rotatable bonds is 6. The number of hydrogen-bond acceptors (Lipinski definition) is 3. The molecule has 1 fully saturated rings. The van der Waals surface area contributed by atoms with E-state index in [1.165, 1.54) is 5.57 Å². The van der Waals surface area contributed by atoms with Crippen LogP contribution < -0.4 is 5.32 Å². The molecule has 0 aromatic carbocycles. The molecule has 0 aromatic rings. The van der Waals surface area contributed by atoms with Crippen molar-refractivity contribution in [2.24, 2.45) is 17.3 Å². The van der Waals surface area contributed by atoms with Crippen LogP contribution in [0.15, 0.2) is 11.6 Å². The van der Waals surface area contributed by atoms with Gasteiger partial charge in [0.1, 0.15) is 6.04 Å².